The summed E-state index contributed by atoms with van der Waals surface area (Å²) in [5.41, 5.74) is 3.13. The first-order valence-corrected chi connectivity index (χ1v) is 8.91. The summed E-state index contributed by atoms with van der Waals surface area (Å²) in [6, 6.07) is 17.8. The second-order valence-electron chi connectivity index (χ2n) is 6.16. The maximum absolute atomic E-state index is 12.3. The van der Waals surface area contributed by atoms with Gasteiger partial charge in [0.25, 0.3) is 5.91 Å². The summed E-state index contributed by atoms with van der Waals surface area (Å²) in [6.07, 6.45) is 1.56. The van der Waals surface area contributed by atoms with E-state index in [1.54, 1.807) is 43.6 Å². The molecule has 2 aromatic carbocycles. The van der Waals surface area contributed by atoms with Crippen LogP contribution in [0.5, 0.6) is 5.75 Å². The largest absolute Gasteiger partial charge is 0.497 e. The first-order valence-electron chi connectivity index (χ1n) is 8.91. The quantitative estimate of drug-likeness (QED) is 0.599. The molecule has 7 heteroatoms. The molecule has 148 valence electrons. The number of amides is 1. The average Bonchev–Trinajstić information content (AvgIpc) is 2.78. The zero-order valence-electron chi connectivity index (χ0n) is 16.1. The number of rotatable bonds is 7. The second kappa shape index (κ2) is 9.36. The van der Waals surface area contributed by atoms with Crippen LogP contribution in [0.25, 0.3) is 0 Å². The Morgan fingerprint density at radius 1 is 0.966 bits per heavy atom. The fourth-order valence-corrected chi connectivity index (χ4v) is 2.63. The van der Waals surface area contributed by atoms with Crippen molar-refractivity contribution in [2.75, 3.05) is 19.5 Å². The summed E-state index contributed by atoms with van der Waals surface area (Å²) in [5.74, 6) is 0.0951. The van der Waals surface area contributed by atoms with Crippen molar-refractivity contribution in [3.8, 4) is 5.75 Å². The Kier molecular flexibility index (Phi) is 6.42. The smallest absolute Gasteiger partial charge is 0.337 e. The minimum absolute atomic E-state index is 0.264. The Hall–Kier alpha value is -3.87. The molecular formula is C22H21N3O4. The van der Waals surface area contributed by atoms with E-state index < -0.39 is 5.97 Å². The second-order valence-corrected chi connectivity index (χ2v) is 6.16. The van der Waals surface area contributed by atoms with E-state index in [9.17, 15) is 9.59 Å². The SMILES string of the molecule is COC(=O)c1cccc(Nc2ccc(C(=O)NCc3ccc(OC)cc3)nc2)c1. The molecule has 0 fully saturated rings. The first-order chi connectivity index (χ1) is 14.1. The van der Waals surface area contributed by atoms with Crippen molar-refractivity contribution < 1.29 is 19.1 Å². The van der Waals surface area contributed by atoms with Gasteiger partial charge in [0.1, 0.15) is 11.4 Å². The van der Waals surface area contributed by atoms with Gasteiger partial charge in [-0.3, -0.25) is 4.79 Å². The number of nitrogens with one attached hydrogen (secondary N) is 2. The Bertz CT molecular complexity index is 986. The van der Waals surface area contributed by atoms with Gasteiger partial charge in [-0.15, -0.1) is 0 Å². The molecule has 0 unspecified atom stereocenters. The maximum atomic E-state index is 12.3. The van der Waals surface area contributed by atoms with E-state index in [-0.39, 0.29) is 5.91 Å². The van der Waals surface area contributed by atoms with E-state index in [1.165, 1.54) is 7.11 Å². The Balaban J connectivity index is 1.59. The fraction of sp³-hybridized carbons (Fsp3) is 0.136. The van der Waals surface area contributed by atoms with E-state index in [4.69, 9.17) is 9.47 Å². The molecule has 0 aliphatic carbocycles. The molecule has 29 heavy (non-hydrogen) atoms. The van der Waals surface area contributed by atoms with Gasteiger partial charge >= 0.3 is 5.97 Å². The molecule has 0 spiro atoms. The van der Waals surface area contributed by atoms with Crippen LogP contribution in [-0.2, 0) is 11.3 Å². The maximum Gasteiger partial charge on any atom is 0.337 e. The third kappa shape index (κ3) is 5.32. The highest BCUT2D eigenvalue weighted by molar-refractivity contribution is 5.92. The fourth-order valence-electron chi connectivity index (χ4n) is 2.63. The summed E-state index contributed by atoms with van der Waals surface area (Å²) in [4.78, 5) is 28.1. The first kappa shape index (κ1) is 19.9. The van der Waals surface area contributed by atoms with Gasteiger partial charge in [-0.05, 0) is 48.0 Å². The highest BCUT2D eigenvalue weighted by Gasteiger charge is 2.08. The number of carbonyl (C=O) groups is 2. The zero-order chi connectivity index (χ0) is 20.6. The lowest BCUT2D eigenvalue weighted by molar-refractivity contribution is 0.0600. The van der Waals surface area contributed by atoms with E-state index in [2.05, 4.69) is 15.6 Å². The molecule has 1 amide bonds. The van der Waals surface area contributed by atoms with Crippen LogP contribution in [0.4, 0.5) is 11.4 Å². The predicted molar refractivity (Wildman–Crippen MR) is 109 cm³/mol. The van der Waals surface area contributed by atoms with Gasteiger partial charge in [0, 0.05) is 12.2 Å². The molecule has 1 aromatic heterocycles. The molecule has 0 radical (unpaired) electrons. The lowest BCUT2D eigenvalue weighted by Crippen LogP contribution is -2.23. The number of aromatic nitrogens is 1. The van der Waals surface area contributed by atoms with Gasteiger partial charge in [-0.25, -0.2) is 9.78 Å². The topological polar surface area (TPSA) is 89.5 Å². The van der Waals surface area contributed by atoms with Crippen molar-refractivity contribution in [1.82, 2.24) is 10.3 Å². The summed E-state index contributed by atoms with van der Waals surface area (Å²) in [7, 11) is 2.95. The van der Waals surface area contributed by atoms with Gasteiger partial charge < -0.3 is 20.1 Å². The lowest BCUT2D eigenvalue weighted by atomic mass is 10.2. The van der Waals surface area contributed by atoms with Gasteiger partial charge in [-0.1, -0.05) is 18.2 Å². The normalized spacial score (nSPS) is 10.1. The number of anilines is 2. The summed E-state index contributed by atoms with van der Waals surface area (Å²) in [6.45, 7) is 0.394. The van der Waals surface area contributed by atoms with Crippen molar-refractivity contribution in [2.45, 2.75) is 6.54 Å². The van der Waals surface area contributed by atoms with Crippen LogP contribution >= 0.6 is 0 Å². The Morgan fingerprint density at radius 3 is 2.41 bits per heavy atom. The minimum atomic E-state index is -0.407. The number of carbonyl (C=O) groups excluding carboxylic acids is 2. The molecule has 2 N–H and O–H groups in total. The number of ether oxygens (including phenoxy) is 2. The molecule has 0 saturated heterocycles. The van der Waals surface area contributed by atoms with Crippen LogP contribution in [0, 0.1) is 0 Å². The van der Waals surface area contributed by atoms with E-state index in [0.717, 1.165) is 11.3 Å². The third-order valence-corrected chi connectivity index (χ3v) is 4.18. The van der Waals surface area contributed by atoms with Crippen molar-refractivity contribution in [3.63, 3.8) is 0 Å². The number of methoxy groups -OCH3 is 2. The summed E-state index contributed by atoms with van der Waals surface area (Å²) in [5, 5.41) is 5.98. The lowest BCUT2D eigenvalue weighted by Gasteiger charge is -2.09. The van der Waals surface area contributed by atoms with Gasteiger partial charge in [-0.2, -0.15) is 0 Å². The molecule has 0 aliphatic rings. The van der Waals surface area contributed by atoms with Crippen molar-refractivity contribution in [2.24, 2.45) is 0 Å². The van der Waals surface area contributed by atoms with Crippen LogP contribution in [0.2, 0.25) is 0 Å². The molecule has 0 aliphatic heterocycles. The Labute approximate surface area is 168 Å². The van der Waals surface area contributed by atoms with Crippen LogP contribution < -0.4 is 15.4 Å². The predicted octanol–water partition coefficient (Wildman–Crippen LogP) is 3.55. The van der Waals surface area contributed by atoms with Crippen molar-refractivity contribution in [1.29, 1.82) is 0 Å². The number of esters is 1. The highest BCUT2D eigenvalue weighted by Crippen LogP contribution is 2.18. The van der Waals surface area contributed by atoms with Crippen LogP contribution in [-0.4, -0.2) is 31.1 Å². The monoisotopic (exact) mass is 391 g/mol. The molecule has 0 saturated carbocycles. The van der Waals surface area contributed by atoms with E-state index >= 15 is 0 Å². The average molecular weight is 391 g/mol. The summed E-state index contributed by atoms with van der Waals surface area (Å²) < 4.78 is 9.84. The van der Waals surface area contributed by atoms with Gasteiger partial charge in [0.15, 0.2) is 0 Å². The third-order valence-electron chi connectivity index (χ3n) is 4.18. The van der Waals surface area contributed by atoms with Crippen LogP contribution in [0.3, 0.4) is 0 Å². The molecule has 3 aromatic rings. The van der Waals surface area contributed by atoms with Crippen LogP contribution in [0.15, 0.2) is 66.9 Å². The van der Waals surface area contributed by atoms with Crippen LogP contribution in [0.1, 0.15) is 26.4 Å². The molecule has 0 bridgehead atoms. The van der Waals surface area contributed by atoms with Gasteiger partial charge in [0.2, 0.25) is 0 Å². The molecule has 3 rings (SSSR count). The zero-order valence-corrected chi connectivity index (χ0v) is 16.1. The Morgan fingerprint density at radius 2 is 1.76 bits per heavy atom. The minimum Gasteiger partial charge on any atom is -0.497 e. The standard InChI is InChI=1S/C22H21N3O4/c1-28-19-9-6-15(7-10-19)13-24-21(26)20-11-8-18(14-23-20)25-17-5-3-4-16(12-17)22(27)29-2/h3-12,14,25H,13H2,1-2H3,(H,24,26). The highest BCUT2D eigenvalue weighted by atomic mass is 16.5. The summed E-state index contributed by atoms with van der Waals surface area (Å²) >= 11 is 0. The number of hydrogen-bond donors (Lipinski definition) is 2. The number of hydrogen-bond acceptors (Lipinski definition) is 6. The van der Waals surface area contributed by atoms with E-state index in [1.807, 2.05) is 30.3 Å². The molecule has 7 nitrogen and oxygen atoms in total. The molecule has 0 atom stereocenters. The molecule has 1 heterocycles. The van der Waals surface area contributed by atoms with Crippen molar-refractivity contribution in [3.05, 3.63) is 83.7 Å². The number of nitrogens with zero attached hydrogens (tertiary/aromatic N) is 1. The number of pyridine rings is 1. The molecular weight excluding hydrogens is 370 g/mol. The van der Waals surface area contributed by atoms with Gasteiger partial charge in [0.05, 0.1) is 31.7 Å². The van der Waals surface area contributed by atoms with E-state index in [0.29, 0.717) is 29.2 Å². The number of benzene rings is 2. The van der Waals surface area contributed by atoms with Crippen molar-refractivity contribution >= 4 is 23.3 Å².